The molecule has 1 heterocycles. The predicted molar refractivity (Wildman–Crippen MR) is 75.6 cm³/mol. The first-order valence-corrected chi connectivity index (χ1v) is 6.82. The zero-order valence-corrected chi connectivity index (χ0v) is 11.8. The molecule has 106 valence electrons. The number of ether oxygens (including phenoxy) is 1. The number of aliphatic hydroxyl groups is 2. The number of benzene rings is 1. The third-order valence-corrected chi connectivity index (χ3v) is 3.93. The fourth-order valence-corrected chi connectivity index (χ4v) is 2.81. The van der Waals surface area contributed by atoms with E-state index in [-0.39, 0.29) is 6.10 Å². The first kappa shape index (κ1) is 14.2. The molecule has 0 aromatic heterocycles. The summed E-state index contributed by atoms with van der Waals surface area (Å²) in [6.07, 6.45) is 0.121. The molecule has 1 aromatic carbocycles. The van der Waals surface area contributed by atoms with Gasteiger partial charge in [0.15, 0.2) is 0 Å². The quantitative estimate of drug-likeness (QED) is 0.874. The summed E-state index contributed by atoms with van der Waals surface area (Å²) >= 11 is 0. The molecule has 1 aromatic rings. The molecular weight excluding hydrogens is 242 g/mol. The molecule has 0 spiro atoms. The summed E-state index contributed by atoms with van der Waals surface area (Å²) in [7, 11) is 1.62. The molecule has 3 atom stereocenters. The van der Waals surface area contributed by atoms with E-state index in [2.05, 4.69) is 4.90 Å². The van der Waals surface area contributed by atoms with Crippen LogP contribution in [0.15, 0.2) is 18.2 Å². The highest BCUT2D eigenvalue weighted by Crippen LogP contribution is 2.37. The molecule has 0 bridgehead atoms. The second-order valence-electron chi connectivity index (χ2n) is 5.30. The van der Waals surface area contributed by atoms with E-state index in [1.54, 1.807) is 14.0 Å². The minimum absolute atomic E-state index is 0.286. The van der Waals surface area contributed by atoms with E-state index in [0.29, 0.717) is 11.7 Å². The summed E-state index contributed by atoms with van der Waals surface area (Å²) in [6.45, 7) is 5.33. The zero-order valence-electron chi connectivity index (χ0n) is 11.8. The summed E-state index contributed by atoms with van der Waals surface area (Å²) in [5.74, 6) is 1.01. The Kier molecular flexibility index (Phi) is 4.32. The number of aliphatic hydroxyl groups excluding tert-OH is 2. The summed E-state index contributed by atoms with van der Waals surface area (Å²) in [6, 6.07) is 5.82. The monoisotopic (exact) mass is 265 g/mol. The molecule has 0 amide bonds. The van der Waals surface area contributed by atoms with Gasteiger partial charge in [0.1, 0.15) is 5.75 Å². The van der Waals surface area contributed by atoms with Crippen LogP contribution in [-0.2, 0) is 0 Å². The van der Waals surface area contributed by atoms with Crippen molar-refractivity contribution in [2.45, 2.75) is 32.5 Å². The predicted octanol–water partition coefficient (Wildman–Crippen LogP) is 1.96. The minimum Gasteiger partial charge on any atom is -0.496 e. The number of methoxy groups -OCH3 is 1. The van der Waals surface area contributed by atoms with Gasteiger partial charge in [-0.25, -0.2) is 0 Å². The fraction of sp³-hybridized carbons (Fsp3) is 0.600. The number of hydrogen-bond acceptors (Lipinski definition) is 4. The van der Waals surface area contributed by atoms with Gasteiger partial charge in [0.2, 0.25) is 0 Å². The second kappa shape index (κ2) is 5.80. The molecule has 4 heteroatoms. The fourth-order valence-electron chi connectivity index (χ4n) is 2.81. The Morgan fingerprint density at radius 2 is 2.05 bits per heavy atom. The van der Waals surface area contributed by atoms with Crippen molar-refractivity contribution in [1.29, 1.82) is 0 Å². The Hall–Kier alpha value is -1.26. The van der Waals surface area contributed by atoms with Crippen molar-refractivity contribution in [1.82, 2.24) is 0 Å². The van der Waals surface area contributed by atoms with E-state index in [0.717, 1.165) is 30.8 Å². The number of nitrogens with zero attached hydrogens (tertiary/aromatic N) is 1. The van der Waals surface area contributed by atoms with Gasteiger partial charge in [-0.3, -0.25) is 0 Å². The van der Waals surface area contributed by atoms with Crippen LogP contribution in [0.4, 0.5) is 5.69 Å². The lowest BCUT2D eigenvalue weighted by Gasteiger charge is -2.25. The molecule has 2 rings (SSSR count). The summed E-state index contributed by atoms with van der Waals surface area (Å²) in [5.41, 5.74) is 1.84. The lowest BCUT2D eigenvalue weighted by molar-refractivity contribution is 0.136. The van der Waals surface area contributed by atoms with Crippen LogP contribution in [0.5, 0.6) is 5.75 Å². The third-order valence-electron chi connectivity index (χ3n) is 3.93. The van der Waals surface area contributed by atoms with Gasteiger partial charge in [-0.1, -0.05) is 6.07 Å². The Balaban J connectivity index is 2.30. The van der Waals surface area contributed by atoms with Crippen molar-refractivity contribution in [2.75, 3.05) is 25.1 Å². The smallest absolute Gasteiger partial charge is 0.126 e. The average Bonchev–Trinajstić information content (AvgIpc) is 2.87. The molecule has 4 nitrogen and oxygen atoms in total. The number of rotatable bonds is 4. The lowest BCUT2D eigenvalue weighted by Crippen LogP contribution is -2.25. The molecule has 1 fully saturated rings. The molecule has 0 aliphatic carbocycles. The van der Waals surface area contributed by atoms with Crippen molar-refractivity contribution in [2.24, 2.45) is 5.92 Å². The van der Waals surface area contributed by atoms with Gasteiger partial charge in [-0.2, -0.15) is 0 Å². The van der Waals surface area contributed by atoms with Gasteiger partial charge in [-0.05, 0) is 32.4 Å². The highest BCUT2D eigenvalue weighted by atomic mass is 16.5. The van der Waals surface area contributed by atoms with E-state index in [1.807, 2.05) is 25.1 Å². The van der Waals surface area contributed by atoms with Crippen molar-refractivity contribution in [3.63, 3.8) is 0 Å². The van der Waals surface area contributed by atoms with E-state index in [4.69, 9.17) is 4.74 Å². The number of hydrogen-bond donors (Lipinski definition) is 2. The maximum absolute atomic E-state index is 10.00. The van der Waals surface area contributed by atoms with Gasteiger partial charge in [0.25, 0.3) is 0 Å². The van der Waals surface area contributed by atoms with Crippen molar-refractivity contribution < 1.29 is 14.9 Å². The zero-order chi connectivity index (χ0) is 14.0. The maximum Gasteiger partial charge on any atom is 0.126 e. The molecule has 1 saturated heterocycles. The average molecular weight is 265 g/mol. The Bertz CT molecular complexity index is 431. The van der Waals surface area contributed by atoms with E-state index < -0.39 is 6.10 Å². The third kappa shape index (κ3) is 2.85. The second-order valence-corrected chi connectivity index (χ2v) is 5.30. The summed E-state index contributed by atoms with van der Waals surface area (Å²) in [5, 5.41) is 19.7. The highest BCUT2D eigenvalue weighted by molar-refractivity contribution is 5.61. The van der Waals surface area contributed by atoms with Crippen molar-refractivity contribution in [3.05, 3.63) is 23.8 Å². The Labute approximate surface area is 114 Å². The van der Waals surface area contributed by atoms with Gasteiger partial charge in [-0.15, -0.1) is 0 Å². The van der Waals surface area contributed by atoms with E-state index in [9.17, 15) is 10.2 Å². The lowest BCUT2D eigenvalue weighted by atomic mass is 10.0. The van der Waals surface area contributed by atoms with Crippen LogP contribution in [0.25, 0.3) is 0 Å². The van der Waals surface area contributed by atoms with E-state index >= 15 is 0 Å². The van der Waals surface area contributed by atoms with Crippen LogP contribution < -0.4 is 9.64 Å². The normalized spacial score (nSPS) is 22.4. The summed E-state index contributed by atoms with van der Waals surface area (Å²) < 4.78 is 5.35. The van der Waals surface area contributed by atoms with Crippen LogP contribution in [0.2, 0.25) is 0 Å². The van der Waals surface area contributed by atoms with Crippen molar-refractivity contribution >= 4 is 5.69 Å². The van der Waals surface area contributed by atoms with Crippen LogP contribution in [0, 0.1) is 5.92 Å². The van der Waals surface area contributed by atoms with Crippen LogP contribution in [0.1, 0.15) is 31.9 Å². The van der Waals surface area contributed by atoms with Gasteiger partial charge in [0, 0.05) is 30.3 Å². The SMILES string of the molecule is COc1cccc(N2CCC(C(C)O)C2)c1[C@H](C)O. The van der Waals surface area contributed by atoms with E-state index in [1.165, 1.54) is 0 Å². The molecular formula is C15H23NO3. The van der Waals surface area contributed by atoms with Gasteiger partial charge >= 0.3 is 0 Å². The standard InChI is InChI=1S/C15H23NO3/c1-10(17)12-7-8-16(9-12)13-5-4-6-14(19-3)15(13)11(2)18/h4-6,10-12,17-18H,7-9H2,1-3H3/t10?,11-,12?/m0/s1. The number of anilines is 1. The molecule has 1 aliphatic rings. The molecule has 2 N–H and O–H groups in total. The van der Waals surface area contributed by atoms with Gasteiger partial charge < -0.3 is 19.8 Å². The van der Waals surface area contributed by atoms with Crippen LogP contribution >= 0.6 is 0 Å². The largest absolute Gasteiger partial charge is 0.496 e. The molecule has 2 unspecified atom stereocenters. The first-order valence-electron chi connectivity index (χ1n) is 6.82. The Morgan fingerprint density at radius 1 is 1.32 bits per heavy atom. The minimum atomic E-state index is -0.572. The first-order chi connectivity index (χ1) is 9.04. The molecule has 1 aliphatic heterocycles. The highest BCUT2D eigenvalue weighted by Gasteiger charge is 2.28. The van der Waals surface area contributed by atoms with Gasteiger partial charge in [0.05, 0.1) is 19.3 Å². The molecule has 19 heavy (non-hydrogen) atoms. The van der Waals surface area contributed by atoms with Crippen LogP contribution in [0.3, 0.4) is 0 Å². The van der Waals surface area contributed by atoms with Crippen molar-refractivity contribution in [3.8, 4) is 5.75 Å². The van der Waals surface area contributed by atoms with Crippen LogP contribution in [-0.4, -0.2) is 36.5 Å². The maximum atomic E-state index is 10.00. The molecule has 0 radical (unpaired) electrons. The summed E-state index contributed by atoms with van der Waals surface area (Å²) in [4.78, 5) is 2.22. The topological polar surface area (TPSA) is 52.9 Å². The Morgan fingerprint density at radius 3 is 2.58 bits per heavy atom. The molecule has 0 saturated carbocycles.